The second-order valence-electron chi connectivity index (χ2n) is 8.74. The summed E-state index contributed by atoms with van der Waals surface area (Å²) < 4.78 is 6.38. The second kappa shape index (κ2) is 8.63. The number of alkyl carbamates (subject to hydrolysis) is 1. The topological polar surface area (TPSA) is 96.1 Å². The Balaban J connectivity index is 1.57. The highest BCUT2D eigenvalue weighted by Gasteiger charge is 2.26. The van der Waals surface area contributed by atoms with Crippen molar-refractivity contribution in [2.45, 2.75) is 45.8 Å². The first-order chi connectivity index (χ1) is 15.2. The Labute approximate surface area is 190 Å². The monoisotopic (exact) mass is 450 g/mol. The third-order valence-corrected chi connectivity index (χ3v) is 5.81. The SMILES string of the molecule is Cc1ccc2nc(NC(=O)[C@H](Cc3c[nH]c4ccccc34)NC(=O)OC(C)(C)C)sc2c1. The summed E-state index contributed by atoms with van der Waals surface area (Å²) in [5.41, 5.74) is 3.18. The van der Waals surface area contributed by atoms with Crippen molar-refractivity contribution in [1.29, 1.82) is 0 Å². The van der Waals surface area contributed by atoms with Crippen LogP contribution in [0.3, 0.4) is 0 Å². The molecule has 2 amide bonds. The molecule has 2 heterocycles. The summed E-state index contributed by atoms with van der Waals surface area (Å²) in [6, 6.07) is 13.0. The predicted molar refractivity (Wildman–Crippen MR) is 128 cm³/mol. The zero-order valence-electron chi connectivity index (χ0n) is 18.5. The molecule has 0 saturated carbocycles. The molecule has 4 aromatic rings. The summed E-state index contributed by atoms with van der Waals surface area (Å²) in [5.74, 6) is -0.350. The van der Waals surface area contributed by atoms with E-state index in [2.05, 4.69) is 20.6 Å². The molecule has 0 bridgehead atoms. The van der Waals surface area contributed by atoms with Gasteiger partial charge in [-0.25, -0.2) is 9.78 Å². The Morgan fingerprint density at radius 1 is 1.19 bits per heavy atom. The van der Waals surface area contributed by atoms with Gasteiger partial charge in [0, 0.05) is 23.5 Å². The molecule has 32 heavy (non-hydrogen) atoms. The lowest BCUT2D eigenvalue weighted by atomic mass is 10.0. The summed E-state index contributed by atoms with van der Waals surface area (Å²) >= 11 is 1.40. The van der Waals surface area contributed by atoms with Crippen LogP contribution >= 0.6 is 11.3 Å². The van der Waals surface area contributed by atoms with Gasteiger partial charge in [0.25, 0.3) is 0 Å². The van der Waals surface area contributed by atoms with Gasteiger partial charge in [0.2, 0.25) is 5.91 Å². The number of anilines is 1. The van der Waals surface area contributed by atoms with Gasteiger partial charge >= 0.3 is 6.09 Å². The second-order valence-corrected chi connectivity index (χ2v) is 9.77. The molecule has 0 fully saturated rings. The van der Waals surface area contributed by atoms with Crippen molar-refractivity contribution < 1.29 is 14.3 Å². The number of fused-ring (bicyclic) bond motifs is 2. The molecule has 0 aliphatic heterocycles. The smallest absolute Gasteiger partial charge is 0.408 e. The van der Waals surface area contributed by atoms with E-state index in [1.54, 1.807) is 20.8 Å². The van der Waals surface area contributed by atoms with Gasteiger partial charge in [-0.3, -0.25) is 4.79 Å². The molecule has 0 saturated heterocycles. The van der Waals surface area contributed by atoms with E-state index in [-0.39, 0.29) is 5.91 Å². The normalized spacial score (nSPS) is 12.6. The van der Waals surface area contributed by atoms with Gasteiger partial charge in [-0.1, -0.05) is 35.6 Å². The maximum Gasteiger partial charge on any atom is 0.408 e. The molecule has 0 spiro atoms. The number of benzene rings is 2. The average molecular weight is 451 g/mol. The zero-order chi connectivity index (χ0) is 22.9. The number of carbonyl (C=O) groups excluding carboxylic acids is 2. The first kappa shape index (κ1) is 21.8. The van der Waals surface area contributed by atoms with Crippen LogP contribution in [0.5, 0.6) is 0 Å². The van der Waals surface area contributed by atoms with E-state index < -0.39 is 17.7 Å². The number of hydrogen-bond acceptors (Lipinski definition) is 5. The number of aryl methyl sites for hydroxylation is 1. The van der Waals surface area contributed by atoms with Crippen LogP contribution in [0.1, 0.15) is 31.9 Å². The van der Waals surface area contributed by atoms with Crippen LogP contribution < -0.4 is 10.6 Å². The van der Waals surface area contributed by atoms with E-state index in [1.165, 1.54) is 11.3 Å². The summed E-state index contributed by atoms with van der Waals surface area (Å²) in [6.07, 6.45) is 1.53. The molecule has 3 N–H and O–H groups in total. The van der Waals surface area contributed by atoms with Crippen LogP contribution in [0.15, 0.2) is 48.7 Å². The number of rotatable bonds is 5. The molecule has 0 radical (unpaired) electrons. The number of amides is 2. The third kappa shape index (κ3) is 5.08. The Hall–Kier alpha value is -3.39. The van der Waals surface area contributed by atoms with Crippen LogP contribution in [0.25, 0.3) is 21.1 Å². The maximum absolute atomic E-state index is 13.2. The molecule has 7 nitrogen and oxygen atoms in total. The Morgan fingerprint density at radius 2 is 1.97 bits per heavy atom. The lowest BCUT2D eigenvalue weighted by Crippen LogP contribution is -2.47. The van der Waals surface area contributed by atoms with E-state index in [0.717, 1.165) is 32.2 Å². The standard InChI is InChI=1S/C24H26N4O3S/c1-14-9-10-18-20(11-14)32-22(26-18)28-21(29)19(27-23(30)31-24(2,3)4)12-15-13-25-17-8-6-5-7-16(15)17/h5-11,13,19,25H,12H2,1-4H3,(H,27,30)(H,26,28,29)/t19-/m0/s1. The van der Waals surface area contributed by atoms with Crippen molar-refractivity contribution in [1.82, 2.24) is 15.3 Å². The van der Waals surface area contributed by atoms with Gasteiger partial charge in [0.05, 0.1) is 10.2 Å². The number of aromatic amines is 1. The van der Waals surface area contributed by atoms with E-state index >= 15 is 0 Å². The van der Waals surface area contributed by atoms with Crippen LogP contribution in [0, 0.1) is 6.92 Å². The van der Waals surface area contributed by atoms with Gasteiger partial charge in [-0.05, 0) is 57.0 Å². The number of carbonyl (C=O) groups is 2. The molecule has 0 unspecified atom stereocenters. The predicted octanol–water partition coefficient (Wildman–Crippen LogP) is 5.16. The van der Waals surface area contributed by atoms with Crippen molar-refractivity contribution in [3.8, 4) is 0 Å². The van der Waals surface area contributed by atoms with Crippen LogP contribution in [-0.2, 0) is 16.0 Å². The molecule has 1 atom stereocenters. The summed E-state index contributed by atoms with van der Waals surface area (Å²) in [4.78, 5) is 33.4. The van der Waals surface area contributed by atoms with E-state index in [9.17, 15) is 9.59 Å². The quantitative estimate of drug-likeness (QED) is 0.391. The van der Waals surface area contributed by atoms with Crippen molar-refractivity contribution in [3.05, 3.63) is 59.8 Å². The lowest BCUT2D eigenvalue weighted by molar-refractivity contribution is -0.118. The van der Waals surface area contributed by atoms with Crippen LogP contribution in [0.2, 0.25) is 0 Å². The van der Waals surface area contributed by atoms with Gasteiger partial charge < -0.3 is 20.4 Å². The number of nitrogens with zero attached hydrogens (tertiary/aromatic N) is 1. The van der Waals surface area contributed by atoms with Gasteiger partial charge in [-0.15, -0.1) is 0 Å². The molecule has 8 heteroatoms. The summed E-state index contributed by atoms with van der Waals surface area (Å²) in [5, 5.41) is 7.09. The molecular formula is C24H26N4O3S. The number of H-pyrrole nitrogens is 1. The Morgan fingerprint density at radius 3 is 2.75 bits per heavy atom. The highest BCUT2D eigenvalue weighted by molar-refractivity contribution is 7.22. The molecule has 4 rings (SSSR count). The fourth-order valence-electron chi connectivity index (χ4n) is 3.46. The number of nitrogens with one attached hydrogen (secondary N) is 3. The minimum absolute atomic E-state index is 0.305. The highest BCUT2D eigenvalue weighted by Crippen LogP contribution is 2.27. The van der Waals surface area contributed by atoms with E-state index in [0.29, 0.717) is 11.6 Å². The van der Waals surface area contributed by atoms with Gasteiger partial charge in [0.1, 0.15) is 11.6 Å². The van der Waals surface area contributed by atoms with Crippen molar-refractivity contribution in [2.24, 2.45) is 0 Å². The Kier molecular flexibility index (Phi) is 5.88. The minimum Gasteiger partial charge on any atom is -0.444 e. The zero-order valence-corrected chi connectivity index (χ0v) is 19.3. The first-order valence-electron chi connectivity index (χ1n) is 10.4. The molecule has 166 valence electrons. The molecule has 0 aliphatic rings. The van der Waals surface area contributed by atoms with Crippen LogP contribution in [-0.4, -0.2) is 33.6 Å². The number of para-hydroxylation sites is 1. The molecule has 0 aliphatic carbocycles. The van der Waals surface area contributed by atoms with Crippen LogP contribution in [0.4, 0.5) is 9.93 Å². The van der Waals surface area contributed by atoms with Gasteiger partial charge in [0.15, 0.2) is 5.13 Å². The minimum atomic E-state index is -0.835. The molecule has 2 aromatic heterocycles. The average Bonchev–Trinajstić information content (AvgIpc) is 3.29. The fraction of sp³-hybridized carbons (Fsp3) is 0.292. The molecule has 2 aromatic carbocycles. The summed E-state index contributed by atoms with van der Waals surface area (Å²) in [7, 11) is 0. The van der Waals surface area contributed by atoms with Gasteiger partial charge in [-0.2, -0.15) is 0 Å². The lowest BCUT2D eigenvalue weighted by Gasteiger charge is -2.23. The maximum atomic E-state index is 13.2. The fourth-order valence-corrected chi connectivity index (χ4v) is 4.42. The highest BCUT2D eigenvalue weighted by atomic mass is 32.1. The number of thiazole rings is 1. The number of hydrogen-bond donors (Lipinski definition) is 3. The number of ether oxygens (including phenoxy) is 1. The largest absolute Gasteiger partial charge is 0.444 e. The molecular weight excluding hydrogens is 424 g/mol. The van der Waals surface area contributed by atoms with E-state index in [4.69, 9.17) is 4.74 Å². The van der Waals surface area contributed by atoms with Crippen molar-refractivity contribution in [3.63, 3.8) is 0 Å². The first-order valence-corrected chi connectivity index (χ1v) is 11.2. The van der Waals surface area contributed by atoms with Crippen molar-refractivity contribution in [2.75, 3.05) is 5.32 Å². The Bertz CT molecular complexity index is 1290. The number of aromatic nitrogens is 2. The summed E-state index contributed by atoms with van der Waals surface area (Å²) in [6.45, 7) is 7.36. The van der Waals surface area contributed by atoms with Crippen molar-refractivity contribution >= 4 is 49.6 Å². The van der Waals surface area contributed by atoms with E-state index in [1.807, 2.05) is 55.6 Å². The third-order valence-electron chi connectivity index (χ3n) is 4.88.